The maximum atomic E-state index is 12.2. The molecular formula is C17H29N3O. The summed E-state index contributed by atoms with van der Waals surface area (Å²) in [5.74, 6) is -0.0810. The van der Waals surface area contributed by atoms with Crippen LogP contribution in [0.2, 0.25) is 0 Å². The number of rotatable bonds is 10. The fraction of sp³-hybridized carbons (Fsp3) is 0.588. The molecule has 1 unspecified atom stereocenters. The molecule has 0 saturated heterocycles. The summed E-state index contributed by atoms with van der Waals surface area (Å²) in [4.78, 5) is 14.5. The maximum absolute atomic E-state index is 12.2. The van der Waals surface area contributed by atoms with Crippen LogP contribution in [0.25, 0.3) is 0 Å². The Balaban J connectivity index is 2.38. The van der Waals surface area contributed by atoms with Crippen molar-refractivity contribution in [1.82, 2.24) is 10.2 Å². The number of hydrogen-bond acceptors (Lipinski definition) is 3. The highest BCUT2D eigenvalue weighted by molar-refractivity contribution is 5.79. The lowest BCUT2D eigenvalue weighted by Gasteiger charge is -2.21. The molecule has 0 spiro atoms. The first-order valence-corrected chi connectivity index (χ1v) is 7.95. The Kier molecular flexibility index (Phi) is 8.71. The highest BCUT2D eigenvalue weighted by Crippen LogP contribution is 2.07. The third-order valence-electron chi connectivity index (χ3n) is 3.69. The zero-order valence-electron chi connectivity index (χ0n) is 13.3. The Labute approximate surface area is 128 Å². The van der Waals surface area contributed by atoms with E-state index in [9.17, 15) is 4.79 Å². The zero-order valence-corrected chi connectivity index (χ0v) is 13.3. The van der Waals surface area contributed by atoms with Crippen LogP contribution in [0.15, 0.2) is 30.3 Å². The van der Waals surface area contributed by atoms with Crippen molar-refractivity contribution >= 4 is 5.91 Å². The Hall–Kier alpha value is -1.39. The van der Waals surface area contributed by atoms with Gasteiger partial charge in [-0.15, -0.1) is 0 Å². The minimum Gasteiger partial charge on any atom is -0.355 e. The normalized spacial score (nSPS) is 12.4. The van der Waals surface area contributed by atoms with Crippen molar-refractivity contribution in [3.8, 4) is 0 Å². The van der Waals surface area contributed by atoms with Crippen molar-refractivity contribution in [3.63, 3.8) is 0 Å². The summed E-state index contributed by atoms with van der Waals surface area (Å²) in [7, 11) is 0. The predicted octanol–water partition coefficient (Wildman–Crippen LogP) is 1.65. The molecule has 1 aromatic carbocycles. The molecule has 0 aliphatic heterocycles. The third kappa shape index (κ3) is 6.74. The maximum Gasteiger partial charge on any atom is 0.224 e. The molecule has 0 radical (unpaired) electrons. The van der Waals surface area contributed by atoms with Crippen LogP contribution in [-0.2, 0) is 11.2 Å². The molecule has 1 aromatic rings. The summed E-state index contributed by atoms with van der Waals surface area (Å²) < 4.78 is 0. The van der Waals surface area contributed by atoms with Gasteiger partial charge in [0.25, 0.3) is 0 Å². The Morgan fingerprint density at radius 2 is 1.95 bits per heavy atom. The fourth-order valence-corrected chi connectivity index (χ4v) is 2.41. The van der Waals surface area contributed by atoms with Crippen molar-refractivity contribution < 1.29 is 4.79 Å². The number of nitrogens with one attached hydrogen (secondary N) is 1. The molecule has 3 N–H and O–H groups in total. The first kappa shape index (κ1) is 17.7. The molecule has 0 bridgehead atoms. The number of amides is 1. The average molecular weight is 291 g/mol. The van der Waals surface area contributed by atoms with Crippen LogP contribution in [-0.4, -0.2) is 43.5 Å². The van der Waals surface area contributed by atoms with E-state index >= 15 is 0 Å². The van der Waals surface area contributed by atoms with Gasteiger partial charge in [0.15, 0.2) is 0 Å². The quantitative estimate of drug-likeness (QED) is 0.689. The summed E-state index contributed by atoms with van der Waals surface area (Å²) in [5.41, 5.74) is 6.91. The number of nitrogens with two attached hydrogens (primary N) is 1. The van der Waals surface area contributed by atoms with Gasteiger partial charge in [0.2, 0.25) is 5.91 Å². The lowest BCUT2D eigenvalue weighted by Crippen LogP contribution is -2.40. The van der Waals surface area contributed by atoms with Crippen molar-refractivity contribution in [2.75, 3.05) is 32.7 Å². The van der Waals surface area contributed by atoms with Crippen LogP contribution in [0.1, 0.15) is 25.8 Å². The molecule has 0 saturated carbocycles. The van der Waals surface area contributed by atoms with E-state index in [1.807, 2.05) is 30.3 Å². The van der Waals surface area contributed by atoms with Gasteiger partial charge in [-0.3, -0.25) is 4.79 Å². The molecule has 118 valence electrons. The average Bonchev–Trinajstić information content (AvgIpc) is 2.52. The minimum absolute atomic E-state index is 0.0638. The van der Waals surface area contributed by atoms with E-state index in [0.29, 0.717) is 19.5 Å². The van der Waals surface area contributed by atoms with Crippen LogP contribution >= 0.6 is 0 Å². The van der Waals surface area contributed by atoms with Crippen LogP contribution in [0.3, 0.4) is 0 Å². The monoisotopic (exact) mass is 291 g/mol. The molecule has 1 amide bonds. The molecule has 0 aliphatic rings. The summed E-state index contributed by atoms with van der Waals surface area (Å²) in [6, 6.07) is 10.0. The third-order valence-corrected chi connectivity index (χ3v) is 3.69. The summed E-state index contributed by atoms with van der Waals surface area (Å²) >= 11 is 0. The first-order chi connectivity index (χ1) is 10.2. The van der Waals surface area contributed by atoms with Crippen LogP contribution in [0.5, 0.6) is 0 Å². The summed E-state index contributed by atoms with van der Waals surface area (Å²) in [6.07, 6.45) is 1.84. The molecular weight excluding hydrogens is 262 g/mol. The topological polar surface area (TPSA) is 58.4 Å². The molecule has 1 rings (SSSR count). The van der Waals surface area contributed by atoms with E-state index in [-0.39, 0.29) is 11.8 Å². The van der Waals surface area contributed by atoms with Gasteiger partial charge < -0.3 is 16.0 Å². The van der Waals surface area contributed by atoms with Gasteiger partial charge in [0.05, 0.1) is 5.92 Å². The van der Waals surface area contributed by atoms with E-state index in [2.05, 4.69) is 24.1 Å². The number of nitrogens with zero attached hydrogens (tertiary/aromatic N) is 1. The second kappa shape index (κ2) is 10.4. The highest BCUT2D eigenvalue weighted by Gasteiger charge is 2.17. The number of hydrogen-bond donors (Lipinski definition) is 2. The molecule has 1 atom stereocenters. The van der Waals surface area contributed by atoms with Gasteiger partial charge in [-0.05, 0) is 31.5 Å². The van der Waals surface area contributed by atoms with Crippen molar-refractivity contribution in [3.05, 3.63) is 35.9 Å². The SMILES string of the molecule is CCCN(CC)CCNC(=O)C(CN)Cc1ccccc1. The summed E-state index contributed by atoms with van der Waals surface area (Å²) in [5, 5.41) is 3.02. The van der Waals surface area contributed by atoms with Gasteiger partial charge in [0, 0.05) is 19.6 Å². The second-order valence-electron chi connectivity index (χ2n) is 5.35. The molecule has 4 nitrogen and oxygen atoms in total. The standard InChI is InChI=1S/C17H29N3O/c1-3-11-20(4-2)12-10-19-17(21)16(14-18)13-15-8-6-5-7-9-15/h5-9,16H,3-4,10-14,18H2,1-2H3,(H,19,21). The van der Waals surface area contributed by atoms with Crippen LogP contribution in [0.4, 0.5) is 0 Å². The van der Waals surface area contributed by atoms with Gasteiger partial charge in [-0.2, -0.15) is 0 Å². The predicted molar refractivity (Wildman–Crippen MR) is 88.1 cm³/mol. The molecule has 0 aromatic heterocycles. The summed E-state index contributed by atoms with van der Waals surface area (Å²) in [6.45, 7) is 8.40. The molecule has 0 aliphatic carbocycles. The molecule has 4 heteroatoms. The Morgan fingerprint density at radius 1 is 1.24 bits per heavy atom. The van der Waals surface area contributed by atoms with Gasteiger partial charge in [-0.1, -0.05) is 44.2 Å². The second-order valence-corrected chi connectivity index (χ2v) is 5.35. The van der Waals surface area contributed by atoms with Crippen molar-refractivity contribution in [2.24, 2.45) is 11.7 Å². The van der Waals surface area contributed by atoms with E-state index in [4.69, 9.17) is 5.73 Å². The minimum atomic E-state index is -0.145. The smallest absolute Gasteiger partial charge is 0.224 e. The highest BCUT2D eigenvalue weighted by atomic mass is 16.1. The van der Waals surface area contributed by atoms with Gasteiger partial charge in [0.1, 0.15) is 0 Å². The van der Waals surface area contributed by atoms with Gasteiger partial charge in [-0.25, -0.2) is 0 Å². The lowest BCUT2D eigenvalue weighted by atomic mass is 9.98. The van der Waals surface area contributed by atoms with E-state index in [0.717, 1.165) is 31.6 Å². The fourth-order valence-electron chi connectivity index (χ4n) is 2.41. The van der Waals surface area contributed by atoms with Crippen LogP contribution < -0.4 is 11.1 Å². The van der Waals surface area contributed by atoms with Gasteiger partial charge >= 0.3 is 0 Å². The van der Waals surface area contributed by atoms with E-state index < -0.39 is 0 Å². The lowest BCUT2D eigenvalue weighted by molar-refractivity contribution is -0.124. The Bertz CT molecular complexity index is 394. The van der Waals surface area contributed by atoms with Crippen molar-refractivity contribution in [1.29, 1.82) is 0 Å². The van der Waals surface area contributed by atoms with Crippen molar-refractivity contribution in [2.45, 2.75) is 26.7 Å². The molecule has 0 fully saturated rings. The number of carbonyl (C=O) groups excluding carboxylic acids is 1. The largest absolute Gasteiger partial charge is 0.355 e. The Morgan fingerprint density at radius 3 is 2.52 bits per heavy atom. The van der Waals surface area contributed by atoms with E-state index in [1.165, 1.54) is 0 Å². The number of likely N-dealkylation sites (N-methyl/N-ethyl adjacent to an activating group) is 1. The van der Waals surface area contributed by atoms with Crippen LogP contribution in [0, 0.1) is 5.92 Å². The molecule has 21 heavy (non-hydrogen) atoms. The zero-order chi connectivity index (χ0) is 15.5. The first-order valence-electron chi connectivity index (χ1n) is 7.95. The number of benzene rings is 1. The number of carbonyl (C=O) groups is 1. The molecule has 0 heterocycles. The van der Waals surface area contributed by atoms with E-state index in [1.54, 1.807) is 0 Å².